The zero-order valence-corrected chi connectivity index (χ0v) is 11.5. The second kappa shape index (κ2) is 6.20. The highest BCUT2D eigenvalue weighted by atomic mass is 32.2. The molecule has 0 aliphatic heterocycles. The number of hydrogen-bond donors (Lipinski definition) is 3. The van der Waals surface area contributed by atoms with Crippen LogP contribution in [-0.2, 0) is 4.79 Å². The molecule has 0 bridgehead atoms. The van der Waals surface area contributed by atoms with E-state index in [1.54, 1.807) is 31.2 Å². The highest BCUT2D eigenvalue weighted by molar-refractivity contribution is 8.00. The van der Waals surface area contributed by atoms with Crippen LogP contribution in [0.1, 0.15) is 17.3 Å². The lowest BCUT2D eigenvalue weighted by Gasteiger charge is -2.10. The molecule has 8 heteroatoms. The average Bonchev–Trinajstić information content (AvgIpc) is 2.92. The highest BCUT2D eigenvalue weighted by Crippen LogP contribution is 2.19. The number of aromatic nitrogens is 3. The number of amides is 2. The molecule has 0 aliphatic carbocycles. The van der Waals surface area contributed by atoms with Crippen LogP contribution in [0.5, 0.6) is 0 Å². The molecule has 104 valence electrons. The number of carbonyl (C=O) groups excluding carboxylic acids is 2. The third-order valence-corrected chi connectivity index (χ3v) is 3.48. The van der Waals surface area contributed by atoms with E-state index in [-0.39, 0.29) is 11.2 Å². The van der Waals surface area contributed by atoms with E-state index in [0.29, 0.717) is 16.4 Å². The summed E-state index contributed by atoms with van der Waals surface area (Å²) in [6.07, 6.45) is 1.38. The topological polar surface area (TPSA) is 114 Å². The molecule has 4 N–H and O–H groups in total. The smallest absolute Gasteiger partial charge is 0.248 e. The molecule has 1 unspecified atom stereocenters. The van der Waals surface area contributed by atoms with Gasteiger partial charge in [-0.1, -0.05) is 11.8 Å². The minimum absolute atomic E-state index is 0.168. The Morgan fingerprint density at radius 2 is 2.05 bits per heavy atom. The Kier molecular flexibility index (Phi) is 4.36. The number of thioether (sulfide) groups is 1. The number of nitrogens with two attached hydrogens (primary N) is 1. The van der Waals surface area contributed by atoms with E-state index in [1.165, 1.54) is 18.1 Å². The maximum Gasteiger partial charge on any atom is 0.248 e. The van der Waals surface area contributed by atoms with Crippen molar-refractivity contribution in [2.45, 2.75) is 17.3 Å². The van der Waals surface area contributed by atoms with Gasteiger partial charge in [-0.2, -0.15) is 5.10 Å². The lowest BCUT2D eigenvalue weighted by atomic mass is 10.2. The summed E-state index contributed by atoms with van der Waals surface area (Å²) in [4.78, 5) is 26.8. The summed E-state index contributed by atoms with van der Waals surface area (Å²) in [5.41, 5.74) is 6.14. The highest BCUT2D eigenvalue weighted by Gasteiger charge is 2.16. The predicted molar refractivity (Wildman–Crippen MR) is 75.3 cm³/mol. The van der Waals surface area contributed by atoms with Gasteiger partial charge < -0.3 is 11.1 Å². The zero-order chi connectivity index (χ0) is 14.5. The monoisotopic (exact) mass is 291 g/mol. The van der Waals surface area contributed by atoms with Crippen molar-refractivity contribution in [1.29, 1.82) is 0 Å². The molecule has 20 heavy (non-hydrogen) atoms. The molecule has 0 saturated carbocycles. The first kappa shape index (κ1) is 14.1. The molecule has 2 aromatic rings. The Balaban J connectivity index is 1.95. The van der Waals surface area contributed by atoms with Gasteiger partial charge in [0.05, 0.1) is 5.25 Å². The van der Waals surface area contributed by atoms with E-state index in [0.717, 1.165) is 0 Å². The summed E-state index contributed by atoms with van der Waals surface area (Å²) < 4.78 is 0. The van der Waals surface area contributed by atoms with Gasteiger partial charge in [0.25, 0.3) is 0 Å². The number of nitrogens with one attached hydrogen (secondary N) is 2. The van der Waals surface area contributed by atoms with Crippen LogP contribution in [0.25, 0.3) is 0 Å². The van der Waals surface area contributed by atoms with Gasteiger partial charge in [0.15, 0.2) is 5.16 Å². The van der Waals surface area contributed by atoms with Crippen LogP contribution >= 0.6 is 11.8 Å². The van der Waals surface area contributed by atoms with Gasteiger partial charge in [-0.25, -0.2) is 4.98 Å². The van der Waals surface area contributed by atoms with Gasteiger partial charge in [-0.15, -0.1) is 0 Å². The van der Waals surface area contributed by atoms with Gasteiger partial charge in [0.2, 0.25) is 11.8 Å². The Labute approximate surface area is 119 Å². The predicted octanol–water partition coefficient (Wildman–Crippen LogP) is 1.02. The third kappa shape index (κ3) is 3.58. The van der Waals surface area contributed by atoms with E-state index in [1.807, 2.05) is 0 Å². The molecular weight excluding hydrogens is 278 g/mol. The van der Waals surface area contributed by atoms with Crippen molar-refractivity contribution in [2.24, 2.45) is 5.73 Å². The SMILES string of the molecule is CC(Sc1ncn[nH]1)C(=O)Nc1ccc(C(N)=O)cc1. The average molecular weight is 291 g/mol. The normalized spacial score (nSPS) is 11.8. The number of H-pyrrole nitrogens is 1. The van der Waals surface area contributed by atoms with Gasteiger partial charge in [-0.3, -0.25) is 14.7 Å². The zero-order valence-electron chi connectivity index (χ0n) is 10.7. The number of benzene rings is 1. The standard InChI is InChI=1S/C12H13N5O2S/c1-7(20-12-14-6-15-17-12)11(19)16-9-4-2-8(3-5-9)10(13)18/h2-7H,1H3,(H2,13,18)(H,16,19)(H,14,15,17). The summed E-state index contributed by atoms with van der Waals surface area (Å²) in [6, 6.07) is 6.38. The number of hydrogen-bond acceptors (Lipinski definition) is 5. The van der Waals surface area contributed by atoms with Crippen LogP contribution in [0.4, 0.5) is 5.69 Å². The minimum atomic E-state index is -0.503. The maximum atomic E-state index is 12.0. The molecule has 1 atom stereocenters. The Morgan fingerprint density at radius 1 is 1.35 bits per heavy atom. The fourth-order valence-corrected chi connectivity index (χ4v) is 2.15. The molecule has 2 rings (SSSR count). The Hall–Kier alpha value is -2.35. The lowest BCUT2D eigenvalue weighted by molar-refractivity contribution is -0.115. The molecule has 0 saturated heterocycles. The first-order chi connectivity index (χ1) is 9.56. The van der Waals surface area contributed by atoms with Crippen molar-refractivity contribution >= 4 is 29.3 Å². The molecule has 7 nitrogen and oxygen atoms in total. The largest absolute Gasteiger partial charge is 0.366 e. The van der Waals surface area contributed by atoms with E-state index >= 15 is 0 Å². The molecule has 1 aromatic carbocycles. The van der Waals surface area contributed by atoms with Crippen LogP contribution in [0.15, 0.2) is 35.7 Å². The number of rotatable bonds is 5. The van der Waals surface area contributed by atoms with E-state index in [2.05, 4.69) is 20.5 Å². The van der Waals surface area contributed by atoms with Crippen LogP contribution in [-0.4, -0.2) is 32.2 Å². The van der Waals surface area contributed by atoms with Crippen LogP contribution < -0.4 is 11.1 Å². The molecule has 1 aromatic heterocycles. The van der Waals surface area contributed by atoms with Crippen molar-refractivity contribution in [3.05, 3.63) is 36.2 Å². The maximum absolute atomic E-state index is 12.0. The van der Waals surface area contributed by atoms with E-state index in [4.69, 9.17) is 5.73 Å². The molecule has 0 aliphatic rings. The molecule has 2 amide bonds. The van der Waals surface area contributed by atoms with Gasteiger partial charge in [0.1, 0.15) is 6.33 Å². The summed E-state index contributed by atoms with van der Waals surface area (Å²) in [5, 5.41) is 9.38. The minimum Gasteiger partial charge on any atom is -0.366 e. The number of anilines is 1. The van der Waals surface area contributed by atoms with Crippen molar-refractivity contribution in [3.8, 4) is 0 Å². The summed E-state index contributed by atoms with van der Waals surface area (Å²) in [5.74, 6) is -0.671. The fourth-order valence-electron chi connectivity index (χ4n) is 1.43. The number of primary amides is 1. The molecule has 0 radical (unpaired) electrons. The summed E-state index contributed by atoms with van der Waals surface area (Å²) >= 11 is 1.27. The molecule has 0 fully saturated rings. The van der Waals surface area contributed by atoms with Crippen LogP contribution in [0.2, 0.25) is 0 Å². The fraction of sp³-hybridized carbons (Fsp3) is 0.167. The number of nitrogens with zero attached hydrogens (tertiary/aromatic N) is 2. The van der Waals surface area contributed by atoms with Crippen LogP contribution in [0, 0.1) is 0 Å². The first-order valence-corrected chi connectivity index (χ1v) is 6.67. The lowest BCUT2D eigenvalue weighted by Crippen LogP contribution is -2.22. The second-order valence-electron chi connectivity index (χ2n) is 3.98. The van der Waals surface area contributed by atoms with Crippen molar-refractivity contribution < 1.29 is 9.59 Å². The summed E-state index contributed by atoms with van der Waals surface area (Å²) in [6.45, 7) is 1.76. The molecular formula is C12H13N5O2S. The molecule has 0 spiro atoms. The number of aromatic amines is 1. The second-order valence-corrected chi connectivity index (χ2v) is 5.31. The van der Waals surface area contributed by atoms with E-state index < -0.39 is 5.91 Å². The Bertz CT molecular complexity index is 597. The van der Waals surface area contributed by atoms with E-state index in [9.17, 15) is 9.59 Å². The van der Waals surface area contributed by atoms with Gasteiger partial charge in [0, 0.05) is 11.3 Å². The van der Waals surface area contributed by atoms with Crippen molar-refractivity contribution in [1.82, 2.24) is 15.2 Å². The summed E-state index contributed by atoms with van der Waals surface area (Å²) in [7, 11) is 0. The number of carbonyl (C=O) groups is 2. The Morgan fingerprint density at radius 3 is 2.60 bits per heavy atom. The molecule has 1 heterocycles. The van der Waals surface area contributed by atoms with Gasteiger partial charge >= 0.3 is 0 Å². The van der Waals surface area contributed by atoms with Gasteiger partial charge in [-0.05, 0) is 31.2 Å². The van der Waals surface area contributed by atoms with Crippen molar-refractivity contribution in [3.63, 3.8) is 0 Å². The quantitative estimate of drug-likeness (QED) is 0.712. The van der Waals surface area contributed by atoms with Crippen LogP contribution in [0.3, 0.4) is 0 Å². The first-order valence-electron chi connectivity index (χ1n) is 5.79. The third-order valence-electron chi connectivity index (χ3n) is 2.49. The van der Waals surface area contributed by atoms with Crippen molar-refractivity contribution in [2.75, 3.05) is 5.32 Å².